The fraction of sp³-hybridized carbons (Fsp3) is 0.400. The number of methoxy groups -OCH3 is 2. The molecule has 0 fully saturated rings. The van der Waals surface area contributed by atoms with Gasteiger partial charge in [0.2, 0.25) is 5.89 Å². The van der Waals surface area contributed by atoms with E-state index >= 15 is 0 Å². The zero-order chi connectivity index (χ0) is 19.6. The van der Waals surface area contributed by atoms with E-state index in [-0.39, 0.29) is 6.04 Å². The minimum absolute atomic E-state index is 0.212. The van der Waals surface area contributed by atoms with Gasteiger partial charge in [-0.2, -0.15) is 0 Å². The lowest BCUT2D eigenvalue weighted by Gasteiger charge is -2.21. The van der Waals surface area contributed by atoms with Crippen molar-refractivity contribution in [3.8, 4) is 23.0 Å². The molecule has 1 atom stereocenters. The van der Waals surface area contributed by atoms with Crippen LogP contribution in [0.1, 0.15) is 35.1 Å². The Morgan fingerprint density at radius 1 is 1.15 bits per heavy atom. The molecule has 1 unspecified atom stereocenters. The fourth-order valence-corrected chi connectivity index (χ4v) is 3.71. The maximum atomic E-state index is 5.92. The van der Waals surface area contributed by atoms with Crippen LogP contribution in [0, 0.1) is 13.8 Å². The zero-order valence-corrected chi connectivity index (χ0v) is 17.4. The Kier molecular flexibility index (Phi) is 5.82. The highest BCUT2D eigenvalue weighted by molar-refractivity contribution is 7.09. The van der Waals surface area contributed by atoms with Crippen LogP contribution in [0.25, 0.3) is 11.5 Å². The molecule has 27 heavy (non-hydrogen) atoms. The highest BCUT2D eigenvalue weighted by atomic mass is 32.1. The lowest BCUT2D eigenvalue weighted by molar-refractivity contribution is 0.248. The molecule has 0 aliphatic rings. The topological polar surface area (TPSA) is 60.6 Å². The Morgan fingerprint density at radius 3 is 2.52 bits per heavy atom. The third-order valence-electron chi connectivity index (χ3n) is 4.58. The number of thiazole rings is 1. The van der Waals surface area contributed by atoms with Gasteiger partial charge in [0.25, 0.3) is 0 Å². The molecule has 0 aliphatic carbocycles. The van der Waals surface area contributed by atoms with Crippen LogP contribution in [-0.2, 0) is 6.54 Å². The van der Waals surface area contributed by atoms with Crippen molar-refractivity contribution in [1.82, 2.24) is 14.9 Å². The molecule has 0 spiro atoms. The third kappa shape index (κ3) is 4.14. The van der Waals surface area contributed by atoms with Gasteiger partial charge in [0.1, 0.15) is 10.8 Å². The molecule has 0 aliphatic heterocycles. The predicted molar refractivity (Wildman–Crippen MR) is 107 cm³/mol. The van der Waals surface area contributed by atoms with E-state index < -0.39 is 0 Å². The van der Waals surface area contributed by atoms with Gasteiger partial charge in [0, 0.05) is 23.2 Å². The molecule has 3 rings (SSSR count). The maximum Gasteiger partial charge on any atom is 0.226 e. The third-order valence-corrected chi connectivity index (χ3v) is 5.71. The summed E-state index contributed by atoms with van der Waals surface area (Å²) in [6.45, 7) is 6.80. The first-order valence-corrected chi connectivity index (χ1v) is 9.61. The number of hydrogen-bond acceptors (Lipinski definition) is 7. The number of hydrogen-bond donors (Lipinski definition) is 0. The van der Waals surface area contributed by atoms with Crippen molar-refractivity contribution in [2.24, 2.45) is 0 Å². The molecular formula is C20H25N3O3S. The number of oxazole rings is 1. The summed E-state index contributed by atoms with van der Waals surface area (Å²) in [5.41, 5.74) is 2.83. The molecule has 0 N–H and O–H groups in total. The minimum Gasteiger partial charge on any atom is -0.493 e. The van der Waals surface area contributed by atoms with Gasteiger partial charge < -0.3 is 13.9 Å². The van der Waals surface area contributed by atoms with Crippen LogP contribution >= 0.6 is 11.3 Å². The second-order valence-corrected chi connectivity index (χ2v) is 7.40. The van der Waals surface area contributed by atoms with Gasteiger partial charge in [-0.1, -0.05) is 0 Å². The van der Waals surface area contributed by atoms with Crippen LogP contribution in [0.4, 0.5) is 0 Å². The highest BCUT2D eigenvalue weighted by Crippen LogP contribution is 2.33. The monoisotopic (exact) mass is 387 g/mol. The van der Waals surface area contributed by atoms with E-state index in [0.717, 1.165) is 27.7 Å². The van der Waals surface area contributed by atoms with Gasteiger partial charge >= 0.3 is 0 Å². The zero-order valence-electron chi connectivity index (χ0n) is 16.6. The molecule has 0 radical (unpaired) electrons. The predicted octanol–water partition coefficient (Wildman–Crippen LogP) is 4.63. The Labute approximate surface area is 163 Å². The first-order valence-electron chi connectivity index (χ1n) is 8.74. The van der Waals surface area contributed by atoms with Crippen LogP contribution in [0.15, 0.2) is 28.0 Å². The average molecular weight is 388 g/mol. The molecule has 3 aromatic rings. The van der Waals surface area contributed by atoms with Crippen molar-refractivity contribution in [2.75, 3.05) is 21.3 Å². The molecule has 0 saturated carbocycles. The molecular weight excluding hydrogens is 362 g/mol. The smallest absolute Gasteiger partial charge is 0.226 e. The van der Waals surface area contributed by atoms with Gasteiger partial charge in [0.15, 0.2) is 11.5 Å². The number of aryl methyl sites for hydroxylation is 2. The van der Waals surface area contributed by atoms with Crippen molar-refractivity contribution in [3.63, 3.8) is 0 Å². The summed E-state index contributed by atoms with van der Waals surface area (Å²) in [5, 5.41) is 3.19. The summed E-state index contributed by atoms with van der Waals surface area (Å²) in [6.07, 6.45) is 0. The Hall–Kier alpha value is -2.38. The molecule has 0 amide bonds. The summed E-state index contributed by atoms with van der Waals surface area (Å²) < 4.78 is 16.6. The van der Waals surface area contributed by atoms with E-state index in [9.17, 15) is 0 Å². The Balaban J connectivity index is 1.80. The number of aromatic nitrogens is 2. The van der Waals surface area contributed by atoms with Gasteiger partial charge in [0.05, 0.1) is 26.0 Å². The lowest BCUT2D eigenvalue weighted by atomic mass is 10.2. The quantitative estimate of drug-likeness (QED) is 0.589. The van der Waals surface area contributed by atoms with Crippen LogP contribution in [0.5, 0.6) is 11.5 Å². The van der Waals surface area contributed by atoms with E-state index in [1.165, 1.54) is 0 Å². The largest absolute Gasteiger partial charge is 0.493 e. The molecule has 2 aromatic heterocycles. The SMILES string of the molecule is COc1ccc(-c2nc(CN(C)C(C)c3nc(C)cs3)c(C)o2)cc1OC. The molecule has 6 nitrogen and oxygen atoms in total. The van der Waals surface area contributed by atoms with E-state index in [2.05, 4.69) is 29.2 Å². The standard InChI is InChI=1S/C20H25N3O3S/c1-12-11-27-20(21-12)13(2)23(4)10-16-14(3)26-19(22-16)15-7-8-17(24-5)18(9-15)25-6/h7-9,11,13H,10H2,1-6H3. The van der Waals surface area contributed by atoms with Crippen molar-refractivity contribution >= 4 is 11.3 Å². The van der Waals surface area contributed by atoms with E-state index in [4.69, 9.17) is 18.9 Å². The number of ether oxygens (including phenoxy) is 2. The molecule has 0 bridgehead atoms. The normalized spacial score (nSPS) is 12.4. The molecule has 2 heterocycles. The first kappa shape index (κ1) is 19.4. The van der Waals surface area contributed by atoms with Crippen molar-refractivity contribution < 1.29 is 13.9 Å². The number of rotatable bonds is 7. The van der Waals surface area contributed by atoms with Crippen LogP contribution in [-0.4, -0.2) is 36.1 Å². The summed E-state index contributed by atoms with van der Waals surface area (Å²) in [5.74, 6) is 2.72. The lowest BCUT2D eigenvalue weighted by Crippen LogP contribution is -2.22. The van der Waals surface area contributed by atoms with Crippen LogP contribution in [0.2, 0.25) is 0 Å². The van der Waals surface area contributed by atoms with E-state index in [0.29, 0.717) is 23.9 Å². The maximum absolute atomic E-state index is 5.92. The van der Waals surface area contributed by atoms with Crippen LogP contribution in [0.3, 0.4) is 0 Å². The summed E-state index contributed by atoms with van der Waals surface area (Å²) in [4.78, 5) is 11.5. The molecule has 7 heteroatoms. The minimum atomic E-state index is 0.212. The van der Waals surface area contributed by atoms with E-state index in [1.54, 1.807) is 25.6 Å². The molecule has 144 valence electrons. The number of benzene rings is 1. The van der Waals surface area contributed by atoms with Gasteiger partial charge in [-0.25, -0.2) is 9.97 Å². The first-order chi connectivity index (χ1) is 12.9. The Morgan fingerprint density at radius 2 is 1.89 bits per heavy atom. The van der Waals surface area contributed by atoms with Crippen molar-refractivity contribution in [2.45, 2.75) is 33.4 Å². The Bertz CT molecular complexity index is 919. The number of nitrogens with zero attached hydrogens (tertiary/aromatic N) is 3. The van der Waals surface area contributed by atoms with Gasteiger partial charge in [-0.3, -0.25) is 4.90 Å². The highest BCUT2D eigenvalue weighted by Gasteiger charge is 2.19. The second kappa shape index (κ2) is 8.10. The fourth-order valence-electron chi connectivity index (χ4n) is 2.79. The molecule has 0 saturated heterocycles. The van der Waals surface area contributed by atoms with Gasteiger partial charge in [-0.15, -0.1) is 11.3 Å². The summed E-state index contributed by atoms with van der Waals surface area (Å²) in [6, 6.07) is 5.86. The molecule has 1 aromatic carbocycles. The summed E-state index contributed by atoms with van der Waals surface area (Å²) in [7, 11) is 5.31. The van der Waals surface area contributed by atoms with Crippen molar-refractivity contribution in [3.05, 3.63) is 45.7 Å². The van der Waals surface area contributed by atoms with Gasteiger partial charge in [-0.05, 0) is 46.0 Å². The van der Waals surface area contributed by atoms with Crippen molar-refractivity contribution in [1.29, 1.82) is 0 Å². The second-order valence-electron chi connectivity index (χ2n) is 6.51. The van der Waals surface area contributed by atoms with Crippen LogP contribution < -0.4 is 9.47 Å². The average Bonchev–Trinajstić information content (AvgIpc) is 3.26. The summed E-state index contributed by atoms with van der Waals surface area (Å²) >= 11 is 1.69. The van der Waals surface area contributed by atoms with E-state index in [1.807, 2.05) is 32.0 Å².